The first-order valence-electron chi connectivity index (χ1n) is 4.16. The van der Waals surface area contributed by atoms with Gasteiger partial charge in [-0.3, -0.25) is 4.21 Å². The average molecular weight is 234 g/mol. The minimum absolute atomic E-state index is 0.279. The van der Waals surface area contributed by atoms with E-state index in [0.29, 0.717) is 11.7 Å². The maximum absolute atomic E-state index is 11.7. The number of hydrogen-bond donors (Lipinski definition) is 0. The normalized spacial score (nSPS) is 29.8. The first kappa shape index (κ1) is 11.4. The molecule has 1 unspecified atom stereocenters. The van der Waals surface area contributed by atoms with Crippen molar-refractivity contribution in [1.29, 1.82) is 0 Å². The molecule has 0 radical (unpaired) electrons. The van der Waals surface area contributed by atoms with Crippen molar-refractivity contribution in [3.63, 3.8) is 0 Å². The maximum Gasteiger partial charge on any atom is 0.0946 e. The van der Waals surface area contributed by atoms with Crippen molar-refractivity contribution in [3.05, 3.63) is 25.3 Å². The Morgan fingerprint density at radius 3 is 2.85 bits per heavy atom. The largest absolute Gasteiger partial charge is 0.258 e. The Hall–Kier alpha value is 0.330. The van der Waals surface area contributed by atoms with Crippen molar-refractivity contribution < 1.29 is 4.21 Å². The summed E-state index contributed by atoms with van der Waals surface area (Å²) in [4.78, 5) is 0. The zero-order valence-corrected chi connectivity index (χ0v) is 9.93. The van der Waals surface area contributed by atoms with Gasteiger partial charge < -0.3 is 0 Å². The van der Waals surface area contributed by atoms with Crippen LogP contribution >= 0.6 is 21.6 Å². The molecule has 0 aromatic rings. The lowest BCUT2D eigenvalue weighted by Gasteiger charge is -2.14. The van der Waals surface area contributed by atoms with Crippen LogP contribution in [0.15, 0.2) is 25.3 Å². The molecule has 0 aromatic heterocycles. The molecule has 1 nitrogen and oxygen atoms in total. The predicted octanol–water partition coefficient (Wildman–Crippen LogP) is 2.83. The summed E-state index contributed by atoms with van der Waals surface area (Å²) in [7, 11) is 2.83. The minimum atomic E-state index is -0.751. The number of allylic oxidation sites excluding steroid dienone is 1. The zero-order chi connectivity index (χ0) is 9.68. The molecule has 4 heteroatoms. The fourth-order valence-electron chi connectivity index (χ4n) is 1.21. The molecule has 0 aromatic carbocycles. The van der Waals surface area contributed by atoms with E-state index in [1.165, 1.54) is 0 Å². The molecule has 0 saturated carbocycles. The van der Waals surface area contributed by atoms with Crippen LogP contribution in [0.25, 0.3) is 0 Å². The molecule has 1 heterocycles. The Kier molecular flexibility index (Phi) is 5.21. The van der Waals surface area contributed by atoms with Crippen molar-refractivity contribution in [2.24, 2.45) is 5.92 Å². The van der Waals surface area contributed by atoms with Crippen LogP contribution in [0.3, 0.4) is 0 Å². The van der Waals surface area contributed by atoms with Crippen LogP contribution in [0.4, 0.5) is 0 Å². The van der Waals surface area contributed by atoms with E-state index in [1.807, 2.05) is 16.9 Å². The molecule has 0 bridgehead atoms. The summed E-state index contributed by atoms with van der Waals surface area (Å²) in [6.45, 7) is 7.34. The minimum Gasteiger partial charge on any atom is -0.258 e. The first-order valence-corrected chi connectivity index (χ1v) is 7.93. The van der Waals surface area contributed by atoms with E-state index in [4.69, 9.17) is 0 Å². The molecule has 13 heavy (non-hydrogen) atoms. The average Bonchev–Trinajstić information content (AvgIpc) is 2.54. The standard InChI is InChI=1S/C9H14OS3/c1-3-5-8-7-11-12-9(8)13(10)6-4-2/h3-4,8-9H,1-2,5-7H2/t8-,9-,13?/m1/s1. The van der Waals surface area contributed by atoms with Crippen LogP contribution in [0.5, 0.6) is 0 Å². The highest BCUT2D eigenvalue weighted by Gasteiger charge is 2.31. The predicted molar refractivity (Wildman–Crippen MR) is 65.3 cm³/mol. The van der Waals surface area contributed by atoms with Gasteiger partial charge in [-0.1, -0.05) is 33.7 Å². The molecule has 0 aliphatic carbocycles. The summed E-state index contributed by atoms with van der Waals surface area (Å²) in [5.74, 6) is 2.25. The van der Waals surface area contributed by atoms with Gasteiger partial charge in [0.15, 0.2) is 0 Å². The molecule has 3 atom stereocenters. The summed E-state index contributed by atoms with van der Waals surface area (Å²) >= 11 is 0. The highest BCUT2D eigenvalue weighted by molar-refractivity contribution is 8.78. The van der Waals surface area contributed by atoms with Crippen LogP contribution in [-0.4, -0.2) is 20.3 Å². The highest BCUT2D eigenvalue weighted by Crippen LogP contribution is 2.44. The quantitative estimate of drug-likeness (QED) is 0.538. The summed E-state index contributed by atoms with van der Waals surface area (Å²) in [6.07, 6.45) is 4.65. The van der Waals surface area contributed by atoms with Crippen molar-refractivity contribution in [1.82, 2.24) is 0 Å². The van der Waals surface area contributed by atoms with Gasteiger partial charge in [0, 0.05) is 22.3 Å². The number of hydrogen-bond acceptors (Lipinski definition) is 3. The Balaban J connectivity index is 2.51. The summed E-state index contributed by atoms with van der Waals surface area (Å²) < 4.78 is 12.0. The molecule has 0 amide bonds. The van der Waals surface area contributed by atoms with Crippen molar-refractivity contribution in [2.45, 2.75) is 11.0 Å². The van der Waals surface area contributed by atoms with Crippen molar-refractivity contribution in [2.75, 3.05) is 11.5 Å². The second-order valence-corrected chi connectivity index (χ2v) is 7.32. The topological polar surface area (TPSA) is 17.1 Å². The lowest BCUT2D eigenvalue weighted by atomic mass is 10.1. The summed E-state index contributed by atoms with van der Waals surface area (Å²) in [6, 6.07) is 0. The third-order valence-electron chi connectivity index (χ3n) is 1.84. The van der Waals surface area contributed by atoms with Crippen LogP contribution in [0.2, 0.25) is 0 Å². The Morgan fingerprint density at radius 1 is 1.46 bits per heavy atom. The van der Waals surface area contributed by atoms with Crippen molar-refractivity contribution >= 4 is 32.4 Å². The van der Waals surface area contributed by atoms with Gasteiger partial charge in [0.1, 0.15) is 0 Å². The van der Waals surface area contributed by atoms with Gasteiger partial charge in [-0.05, 0) is 12.3 Å². The Bertz CT molecular complexity index is 215. The second-order valence-electron chi connectivity index (χ2n) is 2.87. The highest BCUT2D eigenvalue weighted by atomic mass is 33.1. The Labute approximate surface area is 90.3 Å². The molecule has 1 rings (SSSR count). The van der Waals surface area contributed by atoms with Gasteiger partial charge >= 0.3 is 0 Å². The maximum atomic E-state index is 11.7. The molecule has 1 aliphatic rings. The molecular formula is C9H14OS3. The lowest BCUT2D eigenvalue weighted by Crippen LogP contribution is -2.20. The van der Waals surface area contributed by atoms with E-state index in [2.05, 4.69) is 13.2 Å². The van der Waals surface area contributed by atoms with Crippen LogP contribution in [-0.2, 0) is 10.8 Å². The number of rotatable bonds is 5. The first-order chi connectivity index (χ1) is 6.29. The zero-order valence-electron chi connectivity index (χ0n) is 7.48. The van der Waals surface area contributed by atoms with Gasteiger partial charge in [0.05, 0.1) is 4.58 Å². The molecule has 1 saturated heterocycles. The monoisotopic (exact) mass is 234 g/mol. The third-order valence-corrected chi connectivity index (χ3v) is 7.32. The third kappa shape index (κ3) is 3.18. The van der Waals surface area contributed by atoms with Gasteiger partial charge in [-0.15, -0.1) is 13.2 Å². The van der Waals surface area contributed by atoms with Crippen LogP contribution < -0.4 is 0 Å². The summed E-state index contributed by atoms with van der Waals surface area (Å²) in [5.41, 5.74) is 0. The van der Waals surface area contributed by atoms with Crippen LogP contribution in [0.1, 0.15) is 6.42 Å². The van der Waals surface area contributed by atoms with E-state index >= 15 is 0 Å². The van der Waals surface area contributed by atoms with Crippen molar-refractivity contribution in [3.8, 4) is 0 Å². The van der Waals surface area contributed by atoms with E-state index in [-0.39, 0.29) is 4.58 Å². The second kappa shape index (κ2) is 5.94. The summed E-state index contributed by atoms with van der Waals surface area (Å²) in [5, 5.41) is 0. The smallest absolute Gasteiger partial charge is 0.0946 e. The SMILES string of the molecule is C=CC[C@@H]1CSS[C@@H]1S(=O)CC=C. The Morgan fingerprint density at radius 2 is 2.23 bits per heavy atom. The molecule has 74 valence electrons. The molecule has 0 spiro atoms. The van der Waals surface area contributed by atoms with Gasteiger partial charge in [-0.2, -0.15) is 0 Å². The van der Waals surface area contributed by atoms with Gasteiger partial charge in [0.2, 0.25) is 0 Å². The molecule has 1 fully saturated rings. The van der Waals surface area contributed by atoms with Gasteiger partial charge in [-0.25, -0.2) is 0 Å². The molecular weight excluding hydrogens is 220 g/mol. The molecule has 1 aliphatic heterocycles. The van der Waals surface area contributed by atoms with E-state index in [9.17, 15) is 4.21 Å². The van der Waals surface area contributed by atoms with Crippen LogP contribution in [0, 0.1) is 5.92 Å². The lowest BCUT2D eigenvalue weighted by molar-refractivity contribution is 0.636. The van der Waals surface area contributed by atoms with E-state index in [1.54, 1.807) is 16.9 Å². The molecule has 0 N–H and O–H groups in total. The van der Waals surface area contributed by atoms with E-state index < -0.39 is 10.8 Å². The van der Waals surface area contributed by atoms with E-state index in [0.717, 1.165) is 12.2 Å². The fourth-order valence-corrected chi connectivity index (χ4v) is 7.11. The fraction of sp³-hybridized carbons (Fsp3) is 0.556. The van der Waals surface area contributed by atoms with Gasteiger partial charge in [0.25, 0.3) is 0 Å².